The number of methoxy groups -OCH3 is 1. The number of aliphatic carboxylic acids is 1. The van der Waals surface area contributed by atoms with Gasteiger partial charge in [0.05, 0.1) is 31.2 Å². The summed E-state index contributed by atoms with van der Waals surface area (Å²) in [7, 11) is 1.34. The number of benzene rings is 6. The van der Waals surface area contributed by atoms with Crippen LogP contribution in [0.25, 0.3) is 0 Å². The molecular weight excluding hydrogens is 918 g/mol. The first-order valence-electron chi connectivity index (χ1n) is 23.4. The van der Waals surface area contributed by atoms with Crippen LogP contribution < -0.4 is 18.9 Å². The average molecular weight is 979 g/mol. The predicted octanol–water partition coefficient (Wildman–Crippen LogP) is 5.41. The van der Waals surface area contributed by atoms with Crippen molar-refractivity contribution in [3.63, 3.8) is 0 Å². The van der Waals surface area contributed by atoms with E-state index in [1.807, 2.05) is 121 Å². The van der Waals surface area contributed by atoms with Crippen LogP contribution in [0, 0.1) is 11.6 Å². The van der Waals surface area contributed by atoms with Crippen molar-refractivity contribution in [1.29, 1.82) is 0 Å². The number of halogens is 2. The predicted molar refractivity (Wildman–Crippen MR) is 264 cm³/mol. The summed E-state index contributed by atoms with van der Waals surface area (Å²) in [6.45, 7) is 1.49. The first-order chi connectivity index (χ1) is 33.6. The summed E-state index contributed by atoms with van der Waals surface area (Å²) in [5, 5.41) is 9.84. The molecule has 2 fully saturated rings. The van der Waals surface area contributed by atoms with E-state index in [2.05, 4.69) is 0 Å². The van der Waals surface area contributed by atoms with Gasteiger partial charge in [-0.3, -0.25) is 9.59 Å². The number of rotatable bonds is 18. The van der Waals surface area contributed by atoms with Crippen LogP contribution in [0.3, 0.4) is 0 Å². The molecule has 6 aromatic carbocycles. The number of carbonyl (C=O) groups excluding carboxylic acids is 3. The number of likely N-dealkylation sites (tertiary alicyclic amines) is 2. The number of ether oxygens (including phenoxy) is 3. The largest absolute Gasteiger partial charge is 1.00 e. The number of amides is 2. The molecule has 4 N–H and O–H groups in total. The molecule has 2 aliphatic rings. The fourth-order valence-electron chi connectivity index (χ4n) is 9.14. The number of esters is 1. The van der Waals surface area contributed by atoms with Crippen molar-refractivity contribution < 1.29 is 77.1 Å². The molecule has 0 aliphatic carbocycles. The van der Waals surface area contributed by atoms with Crippen LogP contribution >= 0.6 is 0 Å². The molecule has 15 heteroatoms. The minimum absolute atomic E-state index is 0. The first kappa shape index (κ1) is 58.1. The summed E-state index contributed by atoms with van der Waals surface area (Å²) >= 11 is 0. The Hall–Kier alpha value is -6.50. The maximum Gasteiger partial charge on any atom is 1.00 e. The Morgan fingerprint density at radius 1 is 0.542 bits per heavy atom. The van der Waals surface area contributed by atoms with Gasteiger partial charge in [-0.1, -0.05) is 146 Å². The van der Waals surface area contributed by atoms with E-state index in [0.717, 1.165) is 59.1 Å². The van der Waals surface area contributed by atoms with E-state index in [4.69, 9.17) is 14.2 Å². The van der Waals surface area contributed by atoms with Gasteiger partial charge < -0.3 is 40.1 Å². The molecule has 0 bridgehead atoms. The third-order valence-electron chi connectivity index (χ3n) is 12.6. The zero-order valence-corrected chi connectivity index (χ0v) is 40.6. The number of aryl methyl sites for hydroxylation is 2. The molecule has 8 rings (SSSR count). The quantitative estimate of drug-likeness (QED) is 0.0669. The van der Waals surface area contributed by atoms with Crippen molar-refractivity contribution in [3.8, 4) is 0 Å². The fraction of sp³-hybridized carbons (Fsp3) is 0.298. The van der Waals surface area contributed by atoms with Crippen molar-refractivity contribution in [2.75, 3.05) is 33.4 Å². The number of hydrogen-bond donors (Lipinski definition) is 1. The summed E-state index contributed by atoms with van der Waals surface area (Å²) in [4.78, 5) is 55.3. The van der Waals surface area contributed by atoms with Gasteiger partial charge in [0.25, 0.3) is 0 Å². The van der Waals surface area contributed by atoms with Crippen molar-refractivity contribution >= 4 is 23.8 Å². The maximum atomic E-state index is 13.9. The molecule has 4 atom stereocenters. The van der Waals surface area contributed by atoms with Gasteiger partial charge in [-0.25, -0.2) is 18.4 Å². The topological polar surface area (TPSA) is 184 Å². The van der Waals surface area contributed by atoms with Gasteiger partial charge in [-0.15, -0.1) is 0 Å². The molecule has 2 heterocycles. The van der Waals surface area contributed by atoms with Crippen molar-refractivity contribution in [2.45, 2.75) is 74.7 Å². The molecule has 2 amide bonds. The van der Waals surface area contributed by atoms with Crippen LogP contribution in [0.1, 0.15) is 70.9 Å². The Kier molecular flexibility index (Phi) is 23.5. The summed E-state index contributed by atoms with van der Waals surface area (Å²) in [6.07, 6.45) is 3.04. The Balaban J connectivity index is 0.000000300. The number of carboxylic acid groups (broad SMARTS) is 1. The smallest absolute Gasteiger partial charge is 0.870 e. The van der Waals surface area contributed by atoms with Crippen LogP contribution in [0.4, 0.5) is 8.78 Å². The van der Waals surface area contributed by atoms with Gasteiger partial charge in [0, 0.05) is 39.1 Å². The summed E-state index contributed by atoms with van der Waals surface area (Å²) < 4.78 is 43.2. The number of nitrogens with zero attached hydrogens (tertiary/aromatic N) is 2. The van der Waals surface area contributed by atoms with Crippen LogP contribution in [0.2, 0.25) is 0 Å². The van der Waals surface area contributed by atoms with E-state index in [0.29, 0.717) is 26.2 Å². The monoisotopic (exact) mass is 978 g/mol. The van der Waals surface area contributed by atoms with Crippen molar-refractivity contribution in [2.24, 2.45) is 0 Å². The normalized spacial score (nSPS) is 16.9. The molecule has 12 nitrogen and oxygen atoms in total. The summed E-state index contributed by atoms with van der Waals surface area (Å²) in [6, 6.07) is 49.3. The summed E-state index contributed by atoms with van der Waals surface area (Å²) in [5.41, 5.74) is 5.45. The van der Waals surface area contributed by atoms with Crippen LogP contribution in [0.15, 0.2) is 170 Å². The minimum atomic E-state index is -1.02. The van der Waals surface area contributed by atoms with Crippen molar-refractivity contribution in [1.82, 2.24) is 9.80 Å². The van der Waals surface area contributed by atoms with Gasteiger partial charge in [0.1, 0.15) is 23.7 Å². The average Bonchev–Trinajstić information content (AvgIpc) is 4.02. The zero-order valence-electron chi connectivity index (χ0n) is 40.6. The Morgan fingerprint density at radius 3 is 1.18 bits per heavy atom. The third kappa shape index (κ3) is 15.7. The van der Waals surface area contributed by atoms with Gasteiger partial charge in [0.2, 0.25) is 11.8 Å². The minimum Gasteiger partial charge on any atom is -0.870 e. The number of hydrogen-bond acceptors (Lipinski definition) is 8. The van der Waals surface area contributed by atoms with Gasteiger partial charge in [0.15, 0.2) is 0 Å². The molecule has 72 heavy (non-hydrogen) atoms. The second-order valence-electron chi connectivity index (χ2n) is 17.3. The molecular formula is C57H61F2LiN2O10. The zero-order chi connectivity index (χ0) is 48.5. The van der Waals surface area contributed by atoms with E-state index in [1.54, 1.807) is 29.2 Å². The number of carbonyl (C=O) groups is 4. The van der Waals surface area contributed by atoms with Crippen LogP contribution in [0.5, 0.6) is 0 Å². The van der Waals surface area contributed by atoms with E-state index in [1.165, 1.54) is 36.3 Å². The molecule has 374 valence electrons. The Labute approximate surface area is 431 Å². The van der Waals surface area contributed by atoms with Gasteiger partial charge >= 0.3 is 30.8 Å². The molecule has 0 spiro atoms. The van der Waals surface area contributed by atoms with Gasteiger partial charge in [-0.05, 0) is 83.3 Å². The SMILES string of the molecule is COC(=O)[C@@H]1C[C@H](OCCCc2ccc(F)cc2)CN1C(=O)C(c1ccccc1)c1ccccc1.O.O=C(O)[C@@H]1C[C@H](OCCCc2ccc(F)cc2)CN1C(=O)C(c1ccccc1)c1ccccc1.[Li+].[OH-]. The summed E-state index contributed by atoms with van der Waals surface area (Å²) in [5.74, 6) is -3.46. The molecule has 2 saturated heterocycles. The standard InChI is InChI=1S/C29H30FNO4.C28H28FNO4.Li.2H2O/c1-34-29(33)26-19-25(35-18-8-9-21-14-16-24(30)17-15-21)20-31(26)28(32)27(22-10-4-2-5-11-22)23-12-6-3-7-13-23;29-23-15-13-20(14-16-23)8-7-17-34-24-18-25(28(32)33)30(19-24)27(31)26(21-9-3-1-4-10-21)22-11-5-2-6-12-22;;;/h2-7,10-17,25-27H,8-9,18-20H2,1H3;1-6,9-16,24-26H,7-8,17-19H2,(H,32,33);;2*1H2/q;;+1;;/p-1/t25-,26-;24-,25-;;;/m00.../s1. The molecule has 0 unspecified atom stereocenters. The molecule has 6 aromatic rings. The van der Waals surface area contributed by atoms with Crippen LogP contribution in [-0.4, -0.2) is 107 Å². The third-order valence-corrected chi connectivity index (χ3v) is 12.6. The van der Waals surface area contributed by atoms with Gasteiger partial charge in [-0.2, -0.15) is 0 Å². The molecule has 0 saturated carbocycles. The molecule has 0 aromatic heterocycles. The molecule has 2 aliphatic heterocycles. The second kappa shape index (κ2) is 29.1. The maximum absolute atomic E-state index is 13.9. The van der Waals surface area contributed by atoms with E-state index < -0.39 is 35.9 Å². The van der Waals surface area contributed by atoms with E-state index in [9.17, 15) is 33.1 Å². The fourth-order valence-corrected chi connectivity index (χ4v) is 9.14. The molecule has 0 radical (unpaired) electrons. The van der Waals surface area contributed by atoms with Crippen LogP contribution in [-0.2, 0) is 46.2 Å². The Morgan fingerprint density at radius 2 is 0.861 bits per heavy atom. The second-order valence-corrected chi connectivity index (χ2v) is 17.3. The first-order valence-corrected chi connectivity index (χ1v) is 23.4. The number of carboxylic acids is 1. The van der Waals surface area contributed by atoms with Crippen molar-refractivity contribution in [3.05, 3.63) is 215 Å². The van der Waals surface area contributed by atoms with E-state index in [-0.39, 0.29) is 78.4 Å². The Bertz CT molecular complexity index is 2490. The van der Waals surface area contributed by atoms with E-state index >= 15 is 0 Å².